The van der Waals surface area contributed by atoms with Crippen LogP contribution in [-0.4, -0.2) is 19.2 Å². The molecule has 0 saturated carbocycles. The molecule has 2 aromatic carbocycles. The average molecular weight is 284 g/mol. The van der Waals surface area contributed by atoms with Gasteiger partial charge in [-0.3, -0.25) is 0 Å². The second kappa shape index (κ2) is 7.58. The second-order valence-corrected chi connectivity index (χ2v) is 5.38. The van der Waals surface area contributed by atoms with E-state index in [0.717, 1.165) is 30.2 Å². The summed E-state index contributed by atoms with van der Waals surface area (Å²) in [5.74, 6) is 0.905. The van der Waals surface area contributed by atoms with Gasteiger partial charge in [0, 0.05) is 18.8 Å². The maximum Gasteiger partial charge on any atom is 0.142 e. The van der Waals surface area contributed by atoms with Gasteiger partial charge in [-0.15, -0.1) is 0 Å². The van der Waals surface area contributed by atoms with Crippen molar-refractivity contribution >= 4 is 11.4 Å². The minimum Gasteiger partial charge on any atom is -0.489 e. The SMILES string of the molecule is Cc1ccc(NCCNc2ccccc2OC(C)C)cc1. The molecule has 0 aliphatic rings. The van der Waals surface area contributed by atoms with E-state index >= 15 is 0 Å². The van der Waals surface area contributed by atoms with E-state index in [9.17, 15) is 0 Å². The molecule has 0 spiro atoms. The molecule has 0 aliphatic heterocycles. The molecule has 0 atom stereocenters. The summed E-state index contributed by atoms with van der Waals surface area (Å²) in [6, 6.07) is 16.5. The van der Waals surface area contributed by atoms with Crippen molar-refractivity contribution in [3.63, 3.8) is 0 Å². The number of hydrogen-bond acceptors (Lipinski definition) is 3. The van der Waals surface area contributed by atoms with E-state index in [4.69, 9.17) is 4.74 Å². The number of rotatable bonds is 7. The summed E-state index contributed by atoms with van der Waals surface area (Å²) in [6.45, 7) is 7.87. The van der Waals surface area contributed by atoms with Gasteiger partial charge in [0.2, 0.25) is 0 Å². The lowest BCUT2D eigenvalue weighted by atomic mass is 10.2. The van der Waals surface area contributed by atoms with E-state index in [1.165, 1.54) is 5.56 Å². The van der Waals surface area contributed by atoms with E-state index in [1.54, 1.807) is 0 Å². The van der Waals surface area contributed by atoms with Gasteiger partial charge in [0.1, 0.15) is 5.75 Å². The van der Waals surface area contributed by atoms with E-state index in [-0.39, 0.29) is 6.10 Å². The van der Waals surface area contributed by atoms with Crippen LogP contribution in [0.1, 0.15) is 19.4 Å². The van der Waals surface area contributed by atoms with E-state index < -0.39 is 0 Å². The number of para-hydroxylation sites is 2. The van der Waals surface area contributed by atoms with Crippen molar-refractivity contribution in [2.75, 3.05) is 23.7 Å². The predicted molar refractivity (Wildman–Crippen MR) is 90.4 cm³/mol. The molecule has 2 aromatic rings. The summed E-state index contributed by atoms with van der Waals surface area (Å²) in [6.07, 6.45) is 0.179. The summed E-state index contributed by atoms with van der Waals surface area (Å²) < 4.78 is 5.79. The highest BCUT2D eigenvalue weighted by Crippen LogP contribution is 2.24. The largest absolute Gasteiger partial charge is 0.489 e. The molecule has 0 bridgehead atoms. The molecular weight excluding hydrogens is 260 g/mol. The Labute approximate surface area is 127 Å². The van der Waals surface area contributed by atoms with Gasteiger partial charge < -0.3 is 15.4 Å². The fourth-order valence-corrected chi connectivity index (χ4v) is 2.04. The number of benzene rings is 2. The molecule has 0 fully saturated rings. The number of aryl methyl sites for hydroxylation is 1. The monoisotopic (exact) mass is 284 g/mol. The first-order chi connectivity index (χ1) is 10.1. The standard InChI is InChI=1S/C18H24N2O/c1-14(2)21-18-7-5-4-6-17(18)20-13-12-19-16-10-8-15(3)9-11-16/h4-11,14,19-20H,12-13H2,1-3H3. The van der Waals surface area contributed by atoms with Crippen LogP contribution in [0.2, 0.25) is 0 Å². The van der Waals surface area contributed by atoms with Gasteiger partial charge in [0.05, 0.1) is 11.8 Å². The molecule has 3 nitrogen and oxygen atoms in total. The van der Waals surface area contributed by atoms with Crippen LogP contribution in [0.25, 0.3) is 0 Å². The summed E-state index contributed by atoms with van der Waals surface area (Å²) in [5, 5.41) is 6.81. The Hall–Kier alpha value is -2.16. The maximum absolute atomic E-state index is 5.79. The minimum atomic E-state index is 0.179. The molecule has 112 valence electrons. The summed E-state index contributed by atoms with van der Waals surface area (Å²) in [4.78, 5) is 0. The van der Waals surface area contributed by atoms with Crippen molar-refractivity contribution < 1.29 is 4.74 Å². The van der Waals surface area contributed by atoms with Crippen molar-refractivity contribution in [2.24, 2.45) is 0 Å². The molecule has 2 N–H and O–H groups in total. The molecule has 2 rings (SSSR count). The van der Waals surface area contributed by atoms with E-state index in [2.05, 4.69) is 41.8 Å². The number of anilines is 2. The van der Waals surface area contributed by atoms with Crippen LogP contribution in [-0.2, 0) is 0 Å². The molecule has 0 unspecified atom stereocenters. The molecule has 0 amide bonds. The minimum absolute atomic E-state index is 0.179. The Morgan fingerprint density at radius 1 is 0.905 bits per heavy atom. The summed E-state index contributed by atoms with van der Waals surface area (Å²) in [7, 11) is 0. The Bertz CT molecular complexity index is 549. The van der Waals surface area contributed by atoms with Crippen molar-refractivity contribution in [3.05, 3.63) is 54.1 Å². The summed E-state index contributed by atoms with van der Waals surface area (Å²) >= 11 is 0. The fourth-order valence-electron chi connectivity index (χ4n) is 2.04. The maximum atomic E-state index is 5.79. The smallest absolute Gasteiger partial charge is 0.142 e. The van der Waals surface area contributed by atoms with Crippen molar-refractivity contribution in [3.8, 4) is 5.75 Å². The lowest BCUT2D eigenvalue weighted by Crippen LogP contribution is -2.15. The van der Waals surface area contributed by atoms with Crippen molar-refractivity contribution in [2.45, 2.75) is 26.9 Å². The zero-order chi connectivity index (χ0) is 15.1. The van der Waals surface area contributed by atoms with Crippen LogP contribution in [0.5, 0.6) is 5.75 Å². The zero-order valence-corrected chi connectivity index (χ0v) is 13.0. The Balaban J connectivity index is 1.82. The fraction of sp³-hybridized carbons (Fsp3) is 0.333. The highest BCUT2D eigenvalue weighted by molar-refractivity contribution is 5.56. The van der Waals surface area contributed by atoms with Gasteiger partial charge in [0.25, 0.3) is 0 Å². The van der Waals surface area contributed by atoms with Crippen LogP contribution in [0.4, 0.5) is 11.4 Å². The van der Waals surface area contributed by atoms with Gasteiger partial charge in [-0.1, -0.05) is 29.8 Å². The molecule has 0 aromatic heterocycles. The molecule has 21 heavy (non-hydrogen) atoms. The molecular formula is C18H24N2O. The van der Waals surface area contributed by atoms with Crippen molar-refractivity contribution in [1.29, 1.82) is 0 Å². The topological polar surface area (TPSA) is 33.3 Å². The first-order valence-electron chi connectivity index (χ1n) is 7.45. The third-order valence-electron chi connectivity index (χ3n) is 3.07. The van der Waals surface area contributed by atoms with Gasteiger partial charge >= 0.3 is 0 Å². The van der Waals surface area contributed by atoms with Crippen LogP contribution in [0, 0.1) is 6.92 Å². The Morgan fingerprint density at radius 3 is 2.29 bits per heavy atom. The lowest BCUT2D eigenvalue weighted by molar-refractivity contribution is 0.243. The van der Waals surface area contributed by atoms with Crippen LogP contribution >= 0.6 is 0 Å². The highest BCUT2D eigenvalue weighted by Gasteiger charge is 2.03. The summed E-state index contributed by atoms with van der Waals surface area (Å²) in [5.41, 5.74) is 3.46. The molecule has 0 radical (unpaired) electrons. The number of nitrogens with one attached hydrogen (secondary N) is 2. The van der Waals surface area contributed by atoms with Gasteiger partial charge in [-0.25, -0.2) is 0 Å². The molecule has 0 saturated heterocycles. The van der Waals surface area contributed by atoms with Gasteiger partial charge in [0.15, 0.2) is 0 Å². The van der Waals surface area contributed by atoms with Crippen LogP contribution in [0.3, 0.4) is 0 Å². The van der Waals surface area contributed by atoms with Gasteiger partial charge in [-0.05, 0) is 45.0 Å². The third kappa shape index (κ3) is 5.03. The average Bonchev–Trinajstić information content (AvgIpc) is 2.46. The lowest BCUT2D eigenvalue weighted by Gasteiger charge is -2.15. The normalized spacial score (nSPS) is 10.5. The zero-order valence-electron chi connectivity index (χ0n) is 13.0. The molecule has 3 heteroatoms. The highest BCUT2D eigenvalue weighted by atomic mass is 16.5. The quantitative estimate of drug-likeness (QED) is 0.743. The first-order valence-corrected chi connectivity index (χ1v) is 7.45. The predicted octanol–water partition coefficient (Wildman–Crippen LogP) is 4.31. The third-order valence-corrected chi connectivity index (χ3v) is 3.07. The Kier molecular flexibility index (Phi) is 5.50. The first kappa shape index (κ1) is 15.2. The number of ether oxygens (including phenoxy) is 1. The van der Waals surface area contributed by atoms with E-state index in [0.29, 0.717) is 0 Å². The van der Waals surface area contributed by atoms with Crippen LogP contribution in [0.15, 0.2) is 48.5 Å². The Morgan fingerprint density at radius 2 is 1.57 bits per heavy atom. The molecule has 0 aliphatic carbocycles. The van der Waals surface area contributed by atoms with Crippen molar-refractivity contribution in [1.82, 2.24) is 0 Å². The second-order valence-electron chi connectivity index (χ2n) is 5.38. The molecule has 0 heterocycles. The van der Waals surface area contributed by atoms with Gasteiger partial charge in [-0.2, -0.15) is 0 Å². The van der Waals surface area contributed by atoms with E-state index in [1.807, 2.05) is 38.1 Å². The van der Waals surface area contributed by atoms with Crippen LogP contribution < -0.4 is 15.4 Å². The number of hydrogen-bond donors (Lipinski definition) is 2.